The number of hydrogen-bond acceptors (Lipinski definition) is 2. The molecule has 0 bridgehead atoms. The average Bonchev–Trinajstić information content (AvgIpc) is 2.65. The SMILES string of the molecule is CC1CCCCC1N(C)CC1(CO)CCCCCC1. The summed E-state index contributed by atoms with van der Waals surface area (Å²) in [7, 11) is 2.30. The molecular formula is C17H33NO. The third kappa shape index (κ3) is 3.95. The first-order valence-electron chi connectivity index (χ1n) is 8.48. The first-order chi connectivity index (χ1) is 9.17. The van der Waals surface area contributed by atoms with Gasteiger partial charge in [0.05, 0.1) is 0 Å². The topological polar surface area (TPSA) is 23.5 Å². The monoisotopic (exact) mass is 267 g/mol. The number of aliphatic hydroxyl groups is 1. The molecule has 0 radical (unpaired) electrons. The van der Waals surface area contributed by atoms with Crippen LogP contribution in [0.15, 0.2) is 0 Å². The lowest BCUT2D eigenvalue weighted by atomic mass is 9.78. The van der Waals surface area contributed by atoms with Crippen molar-refractivity contribution < 1.29 is 5.11 Å². The molecule has 2 saturated carbocycles. The summed E-state index contributed by atoms with van der Waals surface area (Å²) in [5, 5.41) is 9.95. The molecule has 0 spiro atoms. The van der Waals surface area contributed by atoms with Crippen LogP contribution in [0.5, 0.6) is 0 Å². The highest BCUT2D eigenvalue weighted by atomic mass is 16.3. The van der Waals surface area contributed by atoms with Gasteiger partial charge in [0.1, 0.15) is 0 Å². The van der Waals surface area contributed by atoms with Crippen molar-refractivity contribution in [3.8, 4) is 0 Å². The van der Waals surface area contributed by atoms with E-state index in [0.717, 1.165) is 18.5 Å². The minimum atomic E-state index is 0.197. The van der Waals surface area contributed by atoms with Crippen LogP contribution in [0, 0.1) is 11.3 Å². The molecule has 0 aliphatic heterocycles. The molecule has 112 valence electrons. The second kappa shape index (κ2) is 7.08. The standard InChI is InChI=1S/C17H33NO/c1-15-9-5-6-10-16(15)18(2)13-17(14-19)11-7-3-4-8-12-17/h15-16,19H,3-14H2,1-2H3. The molecule has 2 rings (SSSR count). The molecule has 0 saturated heterocycles. The first kappa shape index (κ1) is 15.3. The van der Waals surface area contributed by atoms with Gasteiger partial charge in [0.25, 0.3) is 0 Å². The van der Waals surface area contributed by atoms with Crippen LogP contribution in [0.25, 0.3) is 0 Å². The lowest BCUT2D eigenvalue weighted by Gasteiger charge is -2.42. The zero-order valence-corrected chi connectivity index (χ0v) is 13.0. The van der Waals surface area contributed by atoms with Crippen LogP contribution in [0.2, 0.25) is 0 Å². The lowest BCUT2D eigenvalue weighted by Crippen LogP contribution is -2.46. The predicted octanol–water partition coefficient (Wildman–Crippen LogP) is 3.83. The van der Waals surface area contributed by atoms with E-state index in [1.165, 1.54) is 64.2 Å². The smallest absolute Gasteiger partial charge is 0.0499 e. The summed E-state index contributed by atoms with van der Waals surface area (Å²) < 4.78 is 0. The van der Waals surface area contributed by atoms with Crippen molar-refractivity contribution in [1.29, 1.82) is 0 Å². The third-order valence-corrected chi connectivity index (χ3v) is 5.72. The van der Waals surface area contributed by atoms with E-state index in [1.807, 2.05) is 0 Å². The molecule has 0 aromatic rings. The van der Waals surface area contributed by atoms with E-state index in [9.17, 15) is 5.11 Å². The van der Waals surface area contributed by atoms with Crippen molar-refractivity contribution >= 4 is 0 Å². The van der Waals surface area contributed by atoms with E-state index in [-0.39, 0.29) is 5.41 Å². The zero-order valence-electron chi connectivity index (χ0n) is 13.0. The van der Waals surface area contributed by atoms with Crippen LogP contribution in [0.4, 0.5) is 0 Å². The van der Waals surface area contributed by atoms with E-state index in [1.54, 1.807) is 0 Å². The van der Waals surface area contributed by atoms with Crippen LogP contribution in [0.1, 0.15) is 71.1 Å². The summed E-state index contributed by atoms with van der Waals surface area (Å²) in [6, 6.07) is 0.750. The molecular weight excluding hydrogens is 234 g/mol. The highest BCUT2D eigenvalue weighted by Crippen LogP contribution is 2.37. The molecule has 2 unspecified atom stereocenters. The minimum absolute atomic E-state index is 0.197. The van der Waals surface area contributed by atoms with Gasteiger partial charge in [-0.25, -0.2) is 0 Å². The predicted molar refractivity (Wildman–Crippen MR) is 81.3 cm³/mol. The second-order valence-corrected chi connectivity index (χ2v) is 7.32. The fourth-order valence-corrected chi connectivity index (χ4v) is 4.44. The largest absolute Gasteiger partial charge is 0.396 e. The van der Waals surface area contributed by atoms with Gasteiger partial charge in [-0.3, -0.25) is 0 Å². The summed E-state index contributed by atoms with van der Waals surface area (Å²) in [4.78, 5) is 2.59. The maximum atomic E-state index is 9.95. The van der Waals surface area contributed by atoms with Gasteiger partial charge in [-0.1, -0.05) is 45.4 Å². The summed E-state index contributed by atoms with van der Waals surface area (Å²) in [5.74, 6) is 0.834. The number of hydrogen-bond donors (Lipinski definition) is 1. The van der Waals surface area contributed by atoms with Crippen molar-refractivity contribution in [3.05, 3.63) is 0 Å². The van der Waals surface area contributed by atoms with E-state index in [0.29, 0.717) is 6.61 Å². The molecule has 2 aliphatic rings. The van der Waals surface area contributed by atoms with E-state index < -0.39 is 0 Å². The normalized spacial score (nSPS) is 32.2. The number of rotatable bonds is 4. The molecule has 0 amide bonds. The third-order valence-electron chi connectivity index (χ3n) is 5.72. The van der Waals surface area contributed by atoms with Crippen molar-refractivity contribution in [1.82, 2.24) is 4.90 Å². The Labute approximate surface area is 119 Å². The van der Waals surface area contributed by atoms with Crippen molar-refractivity contribution in [2.45, 2.75) is 77.2 Å². The maximum absolute atomic E-state index is 9.95. The highest BCUT2D eigenvalue weighted by molar-refractivity contribution is 4.87. The Morgan fingerprint density at radius 2 is 1.63 bits per heavy atom. The van der Waals surface area contributed by atoms with Crippen molar-refractivity contribution in [2.24, 2.45) is 11.3 Å². The Morgan fingerprint density at radius 1 is 1.00 bits per heavy atom. The van der Waals surface area contributed by atoms with E-state index in [2.05, 4.69) is 18.9 Å². The first-order valence-corrected chi connectivity index (χ1v) is 8.48. The molecule has 1 N–H and O–H groups in total. The van der Waals surface area contributed by atoms with Gasteiger partial charge < -0.3 is 10.0 Å². The number of nitrogens with zero attached hydrogens (tertiary/aromatic N) is 1. The molecule has 0 heterocycles. The molecule has 2 nitrogen and oxygen atoms in total. The molecule has 19 heavy (non-hydrogen) atoms. The van der Waals surface area contributed by atoms with Crippen LogP contribution < -0.4 is 0 Å². The molecule has 0 aromatic carbocycles. The summed E-state index contributed by atoms with van der Waals surface area (Å²) in [6.45, 7) is 3.91. The minimum Gasteiger partial charge on any atom is -0.396 e. The fraction of sp³-hybridized carbons (Fsp3) is 1.00. The van der Waals surface area contributed by atoms with Crippen LogP contribution in [-0.4, -0.2) is 36.2 Å². The fourth-order valence-electron chi connectivity index (χ4n) is 4.44. The van der Waals surface area contributed by atoms with Crippen molar-refractivity contribution in [2.75, 3.05) is 20.2 Å². The molecule has 2 heteroatoms. The van der Waals surface area contributed by atoms with Gasteiger partial charge in [0, 0.05) is 24.6 Å². The van der Waals surface area contributed by atoms with Gasteiger partial charge in [0.15, 0.2) is 0 Å². The highest BCUT2D eigenvalue weighted by Gasteiger charge is 2.34. The lowest BCUT2D eigenvalue weighted by molar-refractivity contribution is 0.0333. The van der Waals surface area contributed by atoms with Gasteiger partial charge in [0.2, 0.25) is 0 Å². The van der Waals surface area contributed by atoms with Crippen LogP contribution >= 0.6 is 0 Å². The summed E-state index contributed by atoms with van der Waals surface area (Å²) >= 11 is 0. The quantitative estimate of drug-likeness (QED) is 0.783. The van der Waals surface area contributed by atoms with Crippen molar-refractivity contribution in [3.63, 3.8) is 0 Å². The Hall–Kier alpha value is -0.0800. The molecule has 2 fully saturated rings. The van der Waals surface area contributed by atoms with Gasteiger partial charge in [-0.05, 0) is 38.6 Å². The van der Waals surface area contributed by atoms with E-state index >= 15 is 0 Å². The molecule has 0 aromatic heterocycles. The summed E-state index contributed by atoms with van der Waals surface area (Å²) in [6.07, 6.45) is 13.4. The van der Waals surface area contributed by atoms with E-state index in [4.69, 9.17) is 0 Å². The van der Waals surface area contributed by atoms with Gasteiger partial charge in [-0.15, -0.1) is 0 Å². The number of aliphatic hydroxyl groups excluding tert-OH is 1. The zero-order chi connectivity index (χ0) is 13.7. The van der Waals surface area contributed by atoms with Gasteiger partial charge in [-0.2, -0.15) is 0 Å². The van der Waals surface area contributed by atoms with Gasteiger partial charge >= 0.3 is 0 Å². The summed E-state index contributed by atoms with van der Waals surface area (Å²) in [5.41, 5.74) is 0.197. The second-order valence-electron chi connectivity index (χ2n) is 7.32. The van der Waals surface area contributed by atoms with Crippen LogP contribution in [-0.2, 0) is 0 Å². The van der Waals surface area contributed by atoms with Crippen LogP contribution in [0.3, 0.4) is 0 Å². The average molecular weight is 267 g/mol. The Kier molecular flexibility index (Phi) is 5.70. The molecule has 2 atom stereocenters. The molecule has 2 aliphatic carbocycles. The Bertz CT molecular complexity index is 258. The Morgan fingerprint density at radius 3 is 2.21 bits per heavy atom. The maximum Gasteiger partial charge on any atom is 0.0499 e. The Balaban J connectivity index is 1.95.